The van der Waals surface area contributed by atoms with Gasteiger partial charge in [0.05, 0.1) is 5.69 Å². The van der Waals surface area contributed by atoms with Gasteiger partial charge in [0.15, 0.2) is 0 Å². The summed E-state index contributed by atoms with van der Waals surface area (Å²) in [5.41, 5.74) is 6.37. The van der Waals surface area contributed by atoms with Crippen LogP contribution in [0.3, 0.4) is 0 Å². The van der Waals surface area contributed by atoms with Gasteiger partial charge in [0.2, 0.25) is 5.91 Å². The van der Waals surface area contributed by atoms with E-state index in [9.17, 15) is 4.79 Å². The van der Waals surface area contributed by atoms with Gasteiger partial charge in [0, 0.05) is 25.2 Å². The van der Waals surface area contributed by atoms with Gasteiger partial charge in [-0.05, 0) is 38.1 Å². The number of nitrogens with zero attached hydrogens (tertiary/aromatic N) is 4. The van der Waals surface area contributed by atoms with Crippen LogP contribution in [0.1, 0.15) is 44.2 Å². The molecule has 2 heterocycles. The van der Waals surface area contributed by atoms with Crippen LogP contribution in [0, 0.1) is 5.92 Å². The maximum Gasteiger partial charge on any atom is 0.244 e. The highest BCUT2D eigenvalue weighted by molar-refractivity contribution is 5.76. The molecule has 0 radical (unpaired) electrons. The minimum absolute atomic E-state index is 0.191. The fourth-order valence-corrected chi connectivity index (χ4v) is 3.84. The van der Waals surface area contributed by atoms with Crippen molar-refractivity contribution in [1.82, 2.24) is 19.9 Å². The van der Waals surface area contributed by atoms with E-state index in [0.29, 0.717) is 25.6 Å². The summed E-state index contributed by atoms with van der Waals surface area (Å²) in [7, 11) is 0. The second kappa shape index (κ2) is 6.56. The van der Waals surface area contributed by atoms with Crippen molar-refractivity contribution in [2.24, 2.45) is 11.7 Å². The summed E-state index contributed by atoms with van der Waals surface area (Å²) in [4.78, 5) is 14.7. The van der Waals surface area contributed by atoms with Crippen LogP contribution in [0.15, 0.2) is 6.20 Å². The highest BCUT2D eigenvalue weighted by Crippen LogP contribution is 2.35. The first-order valence-corrected chi connectivity index (χ1v) is 8.16. The van der Waals surface area contributed by atoms with Crippen LogP contribution in [0.4, 0.5) is 0 Å². The van der Waals surface area contributed by atoms with Crippen LogP contribution < -0.4 is 5.73 Å². The number of likely N-dealkylation sites (tertiary alicyclic amines) is 1. The van der Waals surface area contributed by atoms with E-state index in [2.05, 4.69) is 15.2 Å². The highest BCUT2D eigenvalue weighted by atomic mass is 16.2. The Hall–Kier alpha value is -1.43. The summed E-state index contributed by atoms with van der Waals surface area (Å²) in [6.07, 6.45) is 10.0. The van der Waals surface area contributed by atoms with Gasteiger partial charge in [-0.15, -0.1) is 5.10 Å². The van der Waals surface area contributed by atoms with Crippen molar-refractivity contribution in [1.29, 1.82) is 0 Å². The standard InChI is InChI=1S/C15H25N5O/c16-8-7-13-10-19(18-17-13)11-15(21)20-9-3-5-12-4-1-2-6-14(12)20/h10,12,14H,1-9,11,16H2. The molecule has 1 amide bonds. The fourth-order valence-electron chi connectivity index (χ4n) is 3.84. The highest BCUT2D eigenvalue weighted by Gasteiger charge is 2.35. The Labute approximate surface area is 125 Å². The van der Waals surface area contributed by atoms with Gasteiger partial charge in [0.25, 0.3) is 0 Å². The van der Waals surface area contributed by atoms with E-state index in [-0.39, 0.29) is 5.91 Å². The number of aromatic nitrogens is 3. The number of nitrogens with two attached hydrogens (primary N) is 1. The lowest BCUT2D eigenvalue weighted by Crippen LogP contribution is -2.50. The van der Waals surface area contributed by atoms with Crippen LogP contribution in [-0.4, -0.2) is 44.9 Å². The molecule has 0 aromatic carbocycles. The number of piperidine rings is 1. The minimum atomic E-state index is 0.191. The summed E-state index contributed by atoms with van der Waals surface area (Å²) in [5.74, 6) is 0.913. The van der Waals surface area contributed by atoms with E-state index in [1.807, 2.05) is 6.20 Å². The molecule has 21 heavy (non-hydrogen) atoms. The topological polar surface area (TPSA) is 77.0 Å². The maximum absolute atomic E-state index is 12.6. The van der Waals surface area contributed by atoms with Crippen LogP contribution in [0.5, 0.6) is 0 Å². The minimum Gasteiger partial charge on any atom is -0.338 e. The van der Waals surface area contributed by atoms with Gasteiger partial charge in [-0.3, -0.25) is 4.79 Å². The molecule has 1 aliphatic heterocycles. The largest absolute Gasteiger partial charge is 0.338 e. The molecule has 2 atom stereocenters. The monoisotopic (exact) mass is 291 g/mol. The van der Waals surface area contributed by atoms with Gasteiger partial charge in [0.1, 0.15) is 6.54 Å². The first-order valence-electron chi connectivity index (χ1n) is 8.16. The normalized spacial score (nSPS) is 25.7. The lowest BCUT2D eigenvalue weighted by molar-refractivity contribution is -0.138. The van der Waals surface area contributed by atoms with E-state index < -0.39 is 0 Å². The van der Waals surface area contributed by atoms with Crippen molar-refractivity contribution in [2.45, 2.75) is 57.5 Å². The van der Waals surface area contributed by atoms with Crippen LogP contribution in [-0.2, 0) is 17.8 Å². The first-order chi connectivity index (χ1) is 10.3. The van der Waals surface area contributed by atoms with Crippen LogP contribution in [0.25, 0.3) is 0 Å². The number of hydrogen-bond acceptors (Lipinski definition) is 4. The number of amides is 1. The predicted octanol–water partition coefficient (Wildman–Crippen LogP) is 0.960. The Bertz CT molecular complexity index is 484. The molecule has 116 valence electrons. The molecule has 2 fully saturated rings. The molecule has 1 aromatic rings. The average molecular weight is 291 g/mol. The summed E-state index contributed by atoms with van der Waals surface area (Å²) < 4.78 is 1.65. The van der Waals surface area contributed by atoms with Crippen LogP contribution in [0.2, 0.25) is 0 Å². The van der Waals surface area contributed by atoms with Gasteiger partial charge in [-0.2, -0.15) is 0 Å². The molecule has 1 aliphatic carbocycles. The Morgan fingerprint density at radius 3 is 2.95 bits per heavy atom. The zero-order valence-electron chi connectivity index (χ0n) is 12.6. The summed E-state index contributed by atoms with van der Waals surface area (Å²) in [6.45, 7) is 1.77. The Morgan fingerprint density at radius 1 is 1.29 bits per heavy atom. The average Bonchev–Trinajstić information content (AvgIpc) is 2.94. The lowest BCUT2D eigenvalue weighted by Gasteiger charge is -2.44. The van der Waals surface area contributed by atoms with E-state index in [1.54, 1.807) is 4.68 Å². The van der Waals surface area contributed by atoms with Crippen molar-refractivity contribution < 1.29 is 4.79 Å². The van der Waals surface area contributed by atoms with Crippen molar-refractivity contribution >= 4 is 5.91 Å². The third kappa shape index (κ3) is 3.26. The van der Waals surface area contributed by atoms with Crippen molar-refractivity contribution in [3.8, 4) is 0 Å². The lowest BCUT2D eigenvalue weighted by atomic mass is 9.78. The van der Waals surface area contributed by atoms with E-state index in [0.717, 1.165) is 24.6 Å². The zero-order valence-corrected chi connectivity index (χ0v) is 12.6. The molecule has 2 unspecified atom stereocenters. The van der Waals surface area contributed by atoms with Crippen molar-refractivity contribution in [3.05, 3.63) is 11.9 Å². The quantitative estimate of drug-likeness (QED) is 0.896. The maximum atomic E-state index is 12.6. The van der Waals surface area contributed by atoms with Crippen LogP contribution >= 0.6 is 0 Å². The Morgan fingerprint density at radius 2 is 2.10 bits per heavy atom. The third-order valence-corrected chi connectivity index (χ3v) is 4.85. The molecule has 2 aliphatic rings. The molecule has 3 rings (SSSR count). The number of fused-ring (bicyclic) bond motifs is 1. The number of rotatable bonds is 4. The Kier molecular flexibility index (Phi) is 4.53. The van der Waals surface area contributed by atoms with E-state index in [4.69, 9.17) is 5.73 Å². The van der Waals surface area contributed by atoms with Gasteiger partial charge >= 0.3 is 0 Å². The third-order valence-electron chi connectivity index (χ3n) is 4.85. The number of carbonyl (C=O) groups excluding carboxylic acids is 1. The van der Waals surface area contributed by atoms with E-state index in [1.165, 1.54) is 32.1 Å². The van der Waals surface area contributed by atoms with Gasteiger partial charge in [-0.25, -0.2) is 4.68 Å². The SMILES string of the molecule is NCCc1cn(CC(=O)N2CCCC3CCCCC32)nn1. The smallest absolute Gasteiger partial charge is 0.244 e. The predicted molar refractivity (Wildman–Crippen MR) is 79.5 cm³/mol. The molecule has 6 nitrogen and oxygen atoms in total. The van der Waals surface area contributed by atoms with Gasteiger partial charge < -0.3 is 10.6 Å². The van der Waals surface area contributed by atoms with Crippen molar-refractivity contribution in [3.63, 3.8) is 0 Å². The second-order valence-electron chi connectivity index (χ2n) is 6.29. The summed E-state index contributed by atoms with van der Waals surface area (Å²) >= 11 is 0. The summed E-state index contributed by atoms with van der Waals surface area (Å²) in [5, 5.41) is 8.09. The number of carbonyl (C=O) groups is 1. The fraction of sp³-hybridized carbons (Fsp3) is 0.800. The first kappa shape index (κ1) is 14.5. The molecule has 1 saturated heterocycles. The van der Waals surface area contributed by atoms with Gasteiger partial charge in [-0.1, -0.05) is 18.1 Å². The second-order valence-corrected chi connectivity index (χ2v) is 6.29. The van der Waals surface area contributed by atoms with E-state index >= 15 is 0 Å². The number of hydrogen-bond donors (Lipinski definition) is 1. The molecule has 2 N–H and O–H groups in total. The molecule has 0 bridgehead atoms. The molecule has 1 aromatic heterocycles. The molecule has 1 saturated carbocycles. The molecular formula is C15H25N5O. The molecule has 6 heteroatoms. The molecular weight excluding hydrogens is 266 g/mol. The zero-order chi connectivity index (χ0) is 14.7. The van der Waals surface area contributed by atoms with Crippen molar-refractivity contribution in [2.75, 3.05) is 13.1 Å². The summed E-state index contributed by atoms with van der Waals surface area (Å²) in [6, 6.07) is 0.465. The molecule has 0 spiro atoms. The Balaban J connectivity index is 1.63.